The highest BCUT2D eigenvalue weighted by Crippen LogP contribution is 2.33. The molecule has 0 aliphatic rings. The lowest BCUT2D eigenvalue weighted by Gasteiger charge is -2.07. The minimum absolute atomic E-state index is 0.380. The lowest BCUT2D eigenvalue weighted by molar-refractivity contribution is 0.568. The van der Waals surface area contributed by atoms with E-state index in [1.54, 1.807) is 18.6 Å². The molecule has 0 aliphatic heterocycles. The van der Waals surface area contributed by atoms with Gasteiger partial charge in [0.1, 0.15) is 11.4 Å². The molecule has 94 valence electrons. The van der Waals surface area contributed by atoms with Gasteiger partial charge in [-0.1, -0.05) is 41.9 Å². The summed E-state index contributed by atoms with van der Waals surface area (Å²) in [5.41, 5.74) is 2.53. The Balaban J connectivity index is 2.20. The molecule has 0 aliphatic carbocycles. The normalized spacial score (nSPS) is 10.6. The van der Waals surface area contributed by atoms with Crippen LogP contribution in [-0.2, 0) is 0 Å². The molecule has 0 saturated carbocycles. The van der Waals surface area contributed by atoms with E-state index in [0.717, 1.165) is 16.8 Å². The van der Waals surface area contributed by atoms with E-state index in [1.165, 1.54) is 0 Å². The number of halogens is 2. The van der Waals surface area contributed by atoms with Crippen LogP contribution < -0.4 is 0 Å². The minimum Gasteiger partial charge on any atom is -0.472 e. The first-order chi connectivity index (χ1) is 9.25. The molecule has 0 radical (unpaired) electrons. The third-order valence-electron chi connectivity index (χ3n) is 2.64. The van der Waals surface area contributed by atoms with Crippen LogP contribution in [0.2, 0.25) is 5.15 Å². The molecule has 0 N–H and O–H groups in total. The van der Waals surface area contributed by atoms with Gasteiger partial charge in [0.15, 0.2) is 5.82 Å². The number of hydrogen-bond donors (Lipinski definition) is 0. The summed E-state index contributed by atoms with van der Waals surface area (Å²) in [6, 6.07) is 11.6. The average molecular weight is 336 g/mol. The summed E-state index contributed by atoms with van der Waals surface area (Å²) in [6.45, 7) is 0. The number of hydrogen-bond acceptors (Lipinski definition) is 3. The van der Waals surface area contributed by atoms with E-state index in [1.807, 2.05) is 30.3 Å². The Hall–Kier alpha value is -1.65. The molecule has 2 aromatic heterocycles. The maximum Gasteiger partial charge on any atom is 0.164 e. The van der Waals surface area contributed by atoms with Crippen LogP contribution >= 0.6 is 27.5 Å². The van der Waals surface area contributed by atoms with Gasteiger partial charge in [-0.15, -0.1) is 0 Å². The van der Waals surface area contributed by atoms with Crippen LogP contribution in [0.1, 0.15) is 0 Å². The predicted octanol–water partition coefficient (Wildman–Crippen LogP) is 4.82. The molecule has 1 aromatic carbocycles. The second-order valence-electron chi connectivity index (χ2n) is 3.88. The van der Waals surface area contributed by atoms with Crippen LogP contribution in [0.3, 0.4) is 0 Å². The van der Waals surface area contributed by atoms with Gasteiger partial charge >= 0.3 is 0 Å². The molecule has 3 nitrogen and oxygen atoms in total. The van der Waals surface area contributed by atoms with Crippen LogP contribution in [0.5, 0.6) is 0 Å². The predicted molar refractivity (Wildman–Crippen MR) is 77.9 cm³/mol. The van der Waals surface area contributed by atoms with E-state index in [2.05, 4.69) is 25.9 Å². The van der Waals surface area contributed by atoms with E-state index in [4.69, 9.17) is 16.0 Å². The highest BCUT2D eigenvalue weighted by atomic mass is 79.9. The Morgan fingerprint density at radius 3 is 2.47 bits per heavy atom. The number of aromatic nitrogens is 2. The summed E-state index contributed by atoms with van der Waals surface area (Å²) in [5, 5.41) is 0.380. The zero-order chi connectivity index (χ0) is 13.2. The van der Waals surface area contributed by atoms with E-state index >= 15 is 0 Å². The van der Waals surface area contributed by atoms with Crippen LogP contribution in [0.4, 0.5) is 0 Å². The summed E-state index contributed by atoms with van der Waals surface area (Å²) in [4.78, 5) is 8.79. The average Bonchev–Trinajstić information content (AvgIpc) is 2.97. The second-order valence-corrected chi connectivity index (χ2v) is 5.03. The highest BCUT2D eigenvalue weighted by Gasteiger charge is 2.14. The smallest absolute Gasteiger partial charge is 0.164 e. The molecule has 0 bridgehead atoms. The van der Waals surface area contributed by atoms with Gasteiger partial charge in [0.2, 0.25) is 0 Å². The molecule has 0 unspecified atom stereocenters. The maximum atomic E-state index is 6.16. The van der Waals surface area contributed by atoms with E-state index in [0.29, 0.717) is 15.5 Å². The van der Waals surface area contributed by atoms with Crippen molar-refractivity contribution < 1.29 is 4.42 Å². The third kappa shape index (κ3) is 2.41. The SMILES string of the molecule is Clc1nc(-c2ccoc2)nc(-c2ccccc2)c1Br. The molecule has 19 heavy (non-hydrogen) atoms. The first kappa shape index (κ1) is 12.4. The Kier molecular flexibility index (Phi) is 3.36. The van der Waals surface area contributed by atoms with Gasteiger partial charge in [-0.2, -0.15) is 0 Å². The Morgan fingerprint density at radius 1 is 1.00 bits per heavy atom. The van der Waals surface area contributed by atoms with Gasteiger partial charge < -0.3 is 4.42 Å². The van der Waals surface area contributed by atoms with E-state index in [-0.39, 0.29) is 0 Å². The number of benzene rings is 1. The minimum atomic E-state index is 0.380. The van der Waals surface area contributed by atoms with Crippen LogP contribution in [-0.4, -0.2) is 9.97 Å². The third-order valence-corrected chi connectivity index (χ3v) is 3.89. The lowest BCUT2D eigenvalue weighted by Crippen LogP contribution is -1.94. The summed E-state index contributed by atoms with van der Waals surface area (Å²) in [6.07, 6.45) is 3.17. The molecule has 0 fully saturated rings. The molecular weight excluding hydrogens is 328 g/mol. The maximum absolute atomic E-state index is 6.16. The molecule has 2 heterocycles. The number of furan rings is 1. The van der Waals surface area contributed by atoms with E-state index in [9.17, 15) is 0 Å². The van der Waals surface area contributed by atoms with Crippen molar-refractivity contribution in [2.24, 2.45) is 0 Å². The van der Waals surface area contributed by atoms with Gasteiger partial charge in [0.05, 0.1) is 22.0 Å². The molecule has 3 rings (SSSR count). The second kappa shape index (κ2) is 5.15. The van der Waals surface area contributed by atoms with Crippen molar-refractivity contribution >= 4 is 27.5 Å². The number of nitrogens with zero attached hydrogens (tertiary/aromatic N) is 2. The van der Waals surface area contributed by atoms with Crippen molar-refractivity contribution in [2.75, 3.05) is 0 Å². The van der Waals surface area contributed by atoms with Crippen LogP contribution in [0.15, 0.2) is 57.8 Å². The van der Waals surface area contributed by atoms with Crippen molar-refractivity contribution in [3.8, 4) is 22.6 Å². The van der Waals surface area contributed by atoms with Crippen molar-refractivity contribution in [2.45, 2.75) is 0 Å². The number of rotatable bonds is 2. The fourth-order valence-corrected chi connectivity index (χ4v) is 2.30. The molecule has 0 amide bonds. The van der Waals surface area contributed by atoms with Crippen molar-refractivity contribution in [3.63, 3.8) is 0 Å². The first-order valence-electron chi connectivity index (χ1n) is 5.57. The van der Waals surface area contributed by atoms with E-state index < -0.39 is 0 Å². The molecule has 3 aromatic rings. The lowest BCUT2D eigenvalue weighted by atomic mass is 10.1. The standard InChI is InChI=1S/C14H8BrClN2O/c15-11-12(9-4-2-1-3-5-9)17-14(18-13(11)16)10-6-7-19-8-10/h1-8H. The Bertz CT molecular complexity index is 699. The Labute approximate surface area is 123 Å². The molecule has 0 spiro atoms. The van der Waals surface area contributed by atoms with Crippen molar-refractivity contribution in [3.05, 3.63) is 58.6 Å². The van der Waals surface area contributed by atoms with Gasteiger partial charge in [-0.25, -0.2) is 9.97 Å². The van der Waals surface area contributed by atoms with Crippen LogP contribution in [0.25, 0.3) is 22.6 Å². The molecule has 0 atom stereocenters. The molecule has 5 heteroatoms. The van der Waals surface area contributed by atoms with Crippen LogP contribution in [0, 0.1) is 0 Å². The van der Waals surface area contributed by atoms with Gasteiger partial charge in [-0.3, -0.25) is 0 Å². The molecule has 0 saturated heterocycles. The quantitative estimate of drug-likeness (QED) is 0.630. The Morgan fingerprint density at radius 2 is 1.79 bits per heavy atom. The largest absolute Gasteiger partial charge is 0.472 e. The first-order valence-corrected chi connectivity index (χ1v) is 6.74. The zero-order valence-corrected chi connectivity index (χ0v) is 12.0. The zero-order valence-electron chi connectivity index (χ0n) is 9.68. The van der Waals surface area contributed by atoms with Crippen molar-refractivity contribution in [1.82, 2.24) is 9.97 Å². The highest BCUT2D eigenvalue weighted by molar-refractivity contribution is 9.10. The van der Waals surface area contributed by atoms with Gasteiger partial charge in [0, 0.05) is 5.56 Å². The summed E-state index contributed by atoms with van der Waals surface area (Å²) in [5.74, 6) is 0.542. The summed E-state index contributed by atoms with van der Waals surface area (Å²) < 4.78 is 5.74. The summed E-state index contributed by atoms with van der Waals surface area (Å²) >= 11 is 9.59. The van der Waals surface area contributed by atoms with Gasteiger partial charge in [-0.05, 0) is 22.0 Å². The van der Waals surface area contributed by atoms with Gasteiger partial charge in [0.25, 0.3) is 0 Å². The fraction of sp³-hybridized carbons (Fsp3) is 0. The van der Waals surface area contributed by atoms with Crippen molar-refractivity contribution in [1.29, 1.82) is 0 Å². The molecular formula is C14H8BrClN2O. The monoisotopic (exact) mass is 334 g/mol. The topological polar surface area (TPSA) is 38.9 Å². The fourth-order valence-electron chi connectivity index (χ4n) is 1.73. The summed E-state index contributed by atoms with van der Waals surface area (Å²) in [7, 11) is 0.